The van der Waals surface area contributed by atoms with Gasteiger partial charge in [-0.05, 0) is 37.0 Å². The zero-order valence-electron chi connectivity index (χ0n) is 46.2. The van der Waals surface area contributed by atoms with Crippen LogP contribution in [0, 0.1) is 17.8 Å². The van der Waals surface area contributed by atoms with Crippen molar-refractivity contribution in [3.8, 4) is 0 Å². The first kappa shape index (κ1) is 65.4. The standard InChI is InChI=1S/C61H118O6/c1-7-57(6)49-43-37-31-25-21-17-12-10-8-9-11-13-18-22-26-32-38-44-50-59(62)65-53-58(67-61(64)52-46-40-34-28-30-36-42-48-56(4)5)54-66-60(63)51-45-39-33-27-23-19-15-14-16-20-24-29-35-41-47-55(2)3/h55-58H,7-54H2,1-6H3/t57?,58-/m0/s1. The molecule has 0 aromatic carbocycles. The molecule has 0 aromatic rings. The normalized spacial score (nSPS) is 12.5. The van der Waals surface area contributed by atoms with E-state index in [1.807, 2.05) is 0 Å². The summed E-state index contributed by atoms with van der Waals surface area (Å²) in [7, 11) is 0. The van der Waals surface area contributed by atoms with Crippen molar-refractivity contribution in [3.05, 3.63) is 0 Å². The minimum absolute atomic E-state index is 0.0641. The smallest absolute Gasteiger partial charge is 0.306 e. The van der Waals surface area contributed by atoms with Crippen LogP contribution in [0.4, 0.5) is 0 Å². The molecule has 67 heavy (non-hydrogen) atoms. The summed E-state index contributed by atoms with van der Waals surface area (Å²) in [6.45, 7) is 13.8. The monoisotopic (exact) mass is 947 g/mol. The Hall–Kier alpha value is -1.59. The van der Waals surface area contributed by atoms with E-state index in [0.717, 1.165) is 75.5 Å². The van der Waals surface area contributed by atoms with Gasteiger partial charge in [0, 0.05) is 19.3 Å². The van der Waals surface area contributed by atoms with Gasteiger partial charge >= 0.3 is 17.9 Å². The fourth-order valence-corrected chi connectivity index (χ4v) is 9.32. The number of hydrogen-bond acceptors (Lipinski definition) is 6. The van der Waals surface area contributed by atoms with Crippen LogP contribution in [0.5, 0.6) is 0 Å². The predicted molar refractivity (Wildman–Crippen MR) is 289 cm³/mol. The first-order valence-electron chi connectivity index (χ1n) is 30.1. The van der Waals surface area contributed by atoms with E-state index in [-0.39, 0.29) is 31.1 Å². The van der Waals surface area contributed by atoms with Gasteiger partial charge in [-0.25, -0.2) is 0 Å². The predicted octanol–water partition coefficient (Wildman–Crippen LogP) is 19.9. The molecule has 0 fully saturated rings. The van der Waals surface area contributed by atoms with E-state index < -0.39 is 6.10 Å². The zero-order valence-corrected chi connectivity index (χ0v) is 46.2. The van der Waals surface area contributed by atoms with E-state index in [9.17, 15) is 14.4 Å². The SMILES string of the molecule is CCC(C)CCCCCCCCCCCCCCCCCCCCC(=O)OC[C@@H](COC(=O)CCCCCCCCCCCCCCCCC(C)C)OC(=O)CCCCCCCCCC(C)C. The molecule has 398 valence electrons. The van der Waals surface area contributed by atoms with Crippen LogP contribution in [0.2, 0.25) is 0 Å². The number of ether oxygens (including phenoxy) is 3. The fourth-order valence-electron chi connectivity index (χ4n) is 9.32. The van der Waals surface area contributed by atoms with Crippen molar-refractivity contribution < 1.29 is 28.6 Å². The molecule has 0 aromatic heterocycles. The minimum atomic E-state index is -0.764. The molecule has 0 radical (unpaired) electrons. The number of rotatable bonds is 54. The molecule has 0 saturated carbocycles. The summed E-state index contributed by atoms with van der Waals surface area (Å²) < 4.78 is 16.9. The van der Waals surface area contributed by atoms with Crippen LogP contribution in [0.3, 0.4) is 0 Å². The topological polar surface area (TPSA) is 78.9 Å². The average Bonchev–Trinajstić information content (AvgIpc) is 3.30. The maximum Gasteiger partial charge on any atom is 0.306 e. The number of carbonyl (C=O) groups is 3. The molecule has 0 spiro atoms. The lowest BCUT2D eigenvalue weighted by Gasteiger charge is -2.18. The molecule has 0 aliphatic heterocycles. The van der Waals surface area contributed by atoms with Crippen LogP contribution in [0.15, 0.2) is 0 Å². The summed E-state index contributed by atoms with van der Waals surface area (Å²) >= 11 is 0. The van der Waals surface area contributed by atoms with Crippen LogP contribution in [0.1, 0.15) is 337 Å². The Morgan fingerprint density at radius 3 is 0.776 bits per heavy atom. The van der Waals surface area contributed by atoms with Crippen LogP contribution in [-0.2, 0) is 28.6 Å². The van der Waals surface area contributed by atoms with Gasteiger partial charge in [-0.1, -0.05) is 298 Å². The Morgan fingerprint density at radius 2 is 0.522 bits per heavy atom. The van der Waals surface area contributed by atoms with Crippen molar-refractivity contribution in [2.45, 2.75) is 343 Å². The van der Waals surface area contributed by atoms with Gasteiger partial charge in [0.15, 0.2) is 6.10 Å². The summed E-state index contributed by atoms with van der Waals surface area (Å²) in [6, 6.07) is 0. The molecule has 6 nitrogen and oxygen atoms in total. The third-order valence-corrected chi connectivity index (χ3v) is 14.3. The van der Waals surface area contributed by atoms with Gasteiger partial charge in [0.05, 0.1) is 0 Å². The lowest BCUT2D eigenvalue weighted by molar-refractivity contribution is -0.167. The first-order chi connectivity index (χ1) is 32.6. The van der Waals surface area contributed by atoms with Crippen molar-refractivity contribution in [2.75, 3.05) is 13.2 Å². The highest BCUT2D eigenvalue weighted by Gasteiger charge is 2.19. The average molecular weight is 948 g/mol. The van der Waals surface area contributed by atoms with Crippen molar-refractivity contribution in [1.29, 1.82) is 0 Å². The Labute approximate surface area is 418 Å². The first-order valence-corrected chi connectivity index (χ1v) is 30.1. The van der Waals surface area contributed by atoms with Gasteiger partial charge in [-0.15, -0.1) is 0 Å². The molecule has 1 unspecified atom stereocenters. The van der Waals surface area contributed by atoms with Gasteiger partial charge < -0.3 is 14.2 Å². The molecule has 0 heterocycles. The molecule has 0 aliphatic carbocycles. The maximum atomic E-state index is 12.8. The lowest BCUT2D eigenvalue weighted by Crippen LogP contribution is -2.30. The van der Waals surface area contributed by atoms with Gasteiger partial charge in [0.2, 0.25) is 0 Å². The van der Waals surface area contributed by atoms with E-state index in [4.69, 9.17) is 14.2 Å². The van der Waals surface area contributed by atoms with Crippen molar-refractivity contribution >= 4 is 17.9 Å². The maximum absolute atomic E-state index is 12.8. The molecule has 0 saturated heterocycles. The minimum Gasteiger partial charge on any atom is -0.462 e. The number of unbranched alkanes of at least 4 members (excludes halogenated alkanes) is 36. The Kier molecular flexibility index (Phi) is 51.0. The van der Waals surface area contributed by atoms with Crippen molar-refractivity contribution in [1.82, 2.24) is 0 Å². The fraction of sp³-hybridized carbons (Fsp3) is 0.951. The third kappa shape index (κ3) is 53.6. The summed E-state index contributed by atoms with van der Waals surface area (Å²) in [5.74, 6) is 1.69. The summed E-state index contributed by atoms with van der Waals surface area (Å²) in [5.41, 5.74) is 0. The van der Waals surface area contributed by atoms with Gasteiger partial charge in [0.1, 0.15) is 13.2 Å². The molecule has 0 rings (SSSR count). The van der Waals surface area contributed by atoms with Crippen LogP contribution >= 0.6 is 0 Å². The summed E-state index contributed by atoms with van der Waals surface area (Å²) in [6.07, 6.45) is 55.4. The van der Waals surface area contributed by atoms with Gasteiger partial charge in [0.25, 0.3) is 0 Å². The number of esters is 3. The Balaban J connectivity index is 4.18. The molecule has 0 N–H and O–H groups in total. The van der Waals surface area contributed by atoms with E-state index in [1.54, 1.807) is 0 Å². The molecular formula is C61H118O6. The largest absolute Gasteiger partial charge is 0.462 e. The molecular weight excluding hydrogens is 829 g/mol. The van der Waals surface area contributed by atoms with Gasteiger partial charge in [-0.3, -0.25) is 14.4 Å². The highest BCUT2D eigenvalue weighted by Crippen LogP contribution is 2.19. The molecule has 6 heteroatoms. The van der Waals surface area contributed by atoms with E-state index in [1.165, 1.54) is 218 Å². The van der Waals surface area contributed by atoms with Crippen LogP contribution in [0.25, 0.3) is 0 Å². The van der Waals surface area contributed by atoms with Crippen molar-refractivity contribution in [2.24, 2.45) is 17.8 Å². The third-order valence-electron chi connectivity index (χ3n) is 14.3. The molecule has 2 atom stereocenters. The van der Waals surface area contributed by atoms with E-state index in [2.05, 4.69) is 41.5 Å². The number of hydrogen-bond donors (Lipinski definition) is 0. The Bertz CT molecular complexity index is 1040. The van der Waals surface area contributed by atoms with E-state index in [0.29, 0.717) is 19.3 Å². The van der Waals surface area contributed by atoms with Crippen LogP contribution in [-0.4, -0.2) is 37.2 Å². The van der Waals surface area contributed by atoms with E-state index >= 15 is 0 Å². The molecule has 0 bridgehead atoms. The number of carbonyl (C=O) groups excluding carboxylic acids is 3. The zero-order chi connectivity index (χ0) is 49.1. The van der Waals surface area contributed by atoms with Gasteiger partial charge in [-0.2, -0.15) is 0 Å². The quantitative estimate of drug-likeness (QED) is 0.0343. The highest BCUT2D eigenvalue weighted by atomic mass is 16.6. The molecule has 0 aliphatic rings. The Morgan fingerprint density at radius 1 is 0.299 bits per heavy atom. The second-order valence-corrected chi connectivity index (χ2v) is 22.2. The molecule has 0 amide bonds. The highest BCUT2D eigenvalue weighted by molar-refractivity contribution is 5.71. The lowest BCUT2D eigenvalue weighted by atomic mass is 9.99. The second kappa shape index (κ2) is 52.2. The summed E-state index contributed by atoms with van der Waals surface area (Å²) in [5, 5.41) is 0. The summed E-state index contributed by atoms with van der Waals surface area (Å²) in [4.78, 5) is 38.1. The van der Waals surface area contributed by atoms with Crippen LogP contribution < -0.4 is 0 Å². The second-order valence-electron chi connectivity index (χ2n) is 22.2. The van der Waals surface area contributed by atoms with Crippen molar-refractivity contribution in [3.63, 3.8) is 0 Å².